The minimum absolute atomic E-state index is 0.0529. The summed E-state index contributed by atoms with van der Waals surface area (Å²) in [6.45, 7) is 6.19. The molecule has 2 aromatic heterocycles. The molecule has 0 aliphatic rings. The zero-order chi connectivity index (χ0) is 24.3. The van der Waals surface area contributed by atoms with Crippen molar-refractivity contribution in [3.63, 3.8) is 0 Å². The van der Waals surface area contributed by atoms with Crippen LogP contribution in [0.15, 0.2) is 9.59 Å². The monoisotopic (exact) mass is 480 g/mol. The average Bonchev–Trinajstić information content (AvgIpc) is 2.95. The van der Waals surface area contributed by atoms with Crippen LogP contribution in [-0.2, 0) is 29.1 Å². The van der Waals surface area contributed by atoms with Crippen LogP contribution in [0.2, 0.25) is 0 Å². The number of hydrogen-bond acceptors (Lipinski definition) is 7. The van der Waals surface area contributed by atoms with E-state index >= 15 is 0 Å². The molecule has 2 rings (SSSR count). The van der Waals surface area contributed by atoms with Crippen molar-refractivity contribution < 1.29 is 27.4 Å². The summed E-state index contributed by atoms with van der Waals surface area (Å²) in [5.41, 5.74) is 3.44. The van der Waals surface area contributed by atoms with Gasteiger partial charge in [0.15, 0.2) is 0 Å². The van der Waals surface area contributed by atoms with Crippen LogP contribution < -0.4 is 22.1 Å². The fourth-order valence-electron chi connectivity index (χ4n) is 2.92. The molecule has 0 aromatic carbocycles. The highest BCUT2D eigenvalue weighted by atomic mass is 32.1. The van der Waals surface area contributed by atoms with Gasteiger partial charge in [-0.05, 0) is 33.3 Å². The highest BCUT2D eigenvalue weighted by Gasteiger charge is 2.28. The molecule has 180 valence electrons. The molecule has 0 unspecified atom stereocenters. The smallest absolute Gasteiger partial charge is 0.422 e. The van der Waals surface area contributed by atoms with Crippen molar-refractivity contribution in [2.45, 2.75) is 65.5 Å². The molecule has 0 radical (unpaired) electrons. The number of fused-ring (bicyclic) bond motifs is 1. The van der Waals surface area contributed by atoms with E-state index in [0.717, 1.165) is 20.5 Å². The summed E-state index contributed by atoms with van der Waals surface area (Å²) in [5, 5.41) is 0.168. The summed E-state index contributed by atoms with van der Waals surface area (Å²) in [4.78, 5) is 38.3. The number of carbonyl (C=O) groups is 1. The molecule has 0 aliphatic carbocycles. The maximum atomic E-state index is 12.9. The molecule has 0 bridgehead atoms. The molecule has 0 saturated heterocycles. The summed E-state index contributed by atoms with van der Waals surface area (Å²) in [6, 6.07) is 0. The van der Waals surface area contributed by atoms with E-state index in [0.29, 0.717) is 10.4 Å². The van der Waals surface area contributed by atoms with Crippen LogP contribution in [0.25, 0.3) is 10.2 Å². The van der Waals surface area contributed by atoms with Gasteiger partial charge in [0.25, 0.3) is 5.56 Å². The number of carbonyl (C=O) groups excluding carboxylic acids is 1. The first-order chi connectivity index (χ1) is 14.7. The quantitative estimate of drug-likeness (QED) is 0.563. The molecule has 13 heteroatoms. The molecular weight excluding hydrogens is 453 g/mol. The van der Waals surface area contributed by atoms with Crippen molar-refractivity contribution in [2.75, 3.05) is 13.7 Å². The fraction of sp³-hybridized carbons (Fsp3) is 0.632. The van der Waals surface area contributed by atoms with Gasteiger partial charge in [0.1, 0.15) is 10.4 Å². The first-order valence-electron chi connectivity index (χ1n) is 9.78. The molecule has 2 aromatic rings. The lowest BCUT2D eigenvalue weighted by atomic mass is 10.2. The van der Waals surface area contributed by atoms with Crippen molar-refractivity contribution in [3.05, 3.63) is 31.3 Å². The molecule has 32 heavy (non-hydrogen) atoms. The topological polar surface area (TPSA) is 104 Å². The minimum Gasteiger partial charge on any atom is -0.443 e. The van der Waals surface area contributed by atoms with Crippen LogP contribution in [0.3, 0.4) is 0 Å². The van der Waals surface area contributed by atoms with Crippen LogP contribution in [0, 0.1) is 6.92 Å². The van der Waals surface area contributed by atoms with Gasteiger partial charge in [0.2, 0.25) is 0 Å². The van der Waals surface area contributed by atoms with Gasteiger partial charge in [-0.25, -0.2) is 15.0 Å². The Bertz CT molecular complexity index is 1080. The fourth-order valence-corrected chi connectivity index (χ4v) is 4.18. The first kappa shape index (κ1) is 25.9. The Morgan fingerprint density at radius 2 is 1.78 bits per heavy atom. The van der Waals surface area contributed by atoms with Gasteiger partial charge in [-0.15, -0.1) is 11.3 Å². The molecule has 2 heterocycles. The van der Waals surface area contributed by atoms with E-state index in [1.54, 1.807) is 27.7 Å². The van der Waals surface area contributed by atoms with Crippen molar-refractivity contribution in [2.24, 2.45) is 0 Å². The molecule has 0 fully saturated rings. The third kappa shape index (κ3) is 6.56. The molecule has 0 spiro atoms. The van der Waals surface area contributed by atoms with Gasteiger partial charge in [-0.1, -0.05) is 0 Å². The van der Waals surface area contributed by atoms with Crippen molar-refractivity contribution in [1.29, 1.82) is 0 Å². The summed E-state index contributed by atoms with van der Waals surface area (Å²) in [5.74, 6) is 0. The predicted molar refractivity (Wildman–Crippen MR) is 114 cm³/mol. The van der Waals surface area contributed by atoms with E-state index in [9.17, 15) is 27.6 Å². The third-order valence-electron chi connectivity index (χ3n) is 4.37. The number of aromatic nitrogens is 2. The van der Waals surface area contributed by atoms with Crippen molar-refractivity contribution in [1.82, 2.24) is 20.0 Å². The highest BCUT2D eigenvalue weighted by Crippen LogP contribution is 2.29. The second kappa shape index (κ2) is 10.0. The van der Waals surface area contributed by atoms with E-state index in [1.165, 1.54) is 7.11 Å². The third-order valence-corrected chi connectivity index (χ3v) is 5.68. The Hall–Kier alpha value is -2.38. The van der Waals surface area contributed by atoms with Gasteiger partial charge in [0.05, 0.1) is 25.0 Å². The number of halogens is 3. The van der Waals surface area contributed by atoms with Crippen molar-refractivity contribution >= 4 is 27.6 Å². The number of alkyl halides is 3. The Kier molecular flexibility index (Phi) is 8.12. The second-order valence-corrected chi connectivity index (χ2v) is 9.14. The Morgan fingerprint density at radius 1 is 1.12 bits per heavy atom. The SMILES string of the molecule is COCCn1c(=O)c2c(C)c(CNNC(=O)OC(C)(C)C)sc2n(CCC(F)(F)F)c1=O. The van der Waals surface area contributed by atoms with E-state index in [-0.39, 0.29) is 29.9 Å². The largest absolute Gasteiger partial charge is 0.443 e. The number of methoxy groups -OCH3 is 1. The number of hydrogen-bond donors (Lipinski definition) is 2. The number of amides is 1. The number of rotatable bonds is 8. The van der Waals surface area contributed by atoms with Crippen molar-refractivity contribution in [3.8, 4) is 0 Å². The maximum absolute atomic E-state index is 12.9. The van der Waals surface area contributed by atoms with E-state index in [4.69, 9.17) is 9.47 Å². The summed E-state index contributed by atoms with van der Waals surface area (Å²) in [7, 11) is 1.39. The number of nitrogens with one attached hydrogen (secondary N) is 2. The summed E-state index contributed by atoms with van der Waals surface area (Å²) in [6.07, 6.45) is -6.39. The summed E-state index contributed by atoms with van der Waals surface area (Å²) < 4.78 is 50.4. The van der Waals surface area contributed by atoms with E-state index in [2.05, 4.69) is 10.9 Å². The van der Waals surface area contributed by atoms with Gasteiger partial charge in [-0.2, -0.15) is 13.2 Å². The lowest BCUT2D eigenvalue weighted by molar-refractivity contribution is -0.136. The first-order valence-corrected chi connectivity index (χ1v) is 10.6. The minimum atomic E-state index is -4.46. The number of hydrazine groups is 1. The van der Waals surface area contributed by atoms with E-state index < -0.39 is 42.1 Å². The van der Waals surface area contributed by atoms with Gasteiger partial charge < -0.3 is 9.47 Å². The lowest BCUT2D eigenvalue weighted by Gasteiger charge is -2.19. The molecule has 0 aliphatic heterocycles. The predicted octanol–water partition coefficient (Wildman–Crippen LogP) is 2.66. The Morgan fingerprint density at radius 3 is 2.34 bits per heavy atom. The number of ether oxygens (including phenoxy) is 2. The van der Waals surface area contributed by atoms with Crippen LogP contribution in [-0.4, -0.2) is 40.7 Å². The number of nitrogens with zero attached hydrogens (tertiary/aromatic N) is 2. The number of aryl methyl sites for hydroxylation is 2. The zero-order valence-electron chi connectivity index (χ0n) is 18.5. The molecule has 9 nitrogen and oxygen atoms in total. The standard InChI is InChI=1S/C19H27F3N4O5S/c1-11-12(10-23-24-16(28)31-18(2,3)4)32-15-13(11)14(27)25(8-9-30-5)17(29)26(15)7-6-19(20,21)22/h23H,6-10H2,1-5H3,(H,24,28). The van der Waals surface area contributed by atoms with Crippen LogP contribution in [0.1, 0.15) is 37.6 Å². The van der Waals surface area contributed by atoms with Crippen LogP contribution in [0.4, 0.5) is 18.0 Å². The zero-order valence-corrected chi connectivity index (χ0v) is 19.3. The highest BCUT2D eigenvalue weighted by molar-refractivity contribution is 7.18. The molecular formula is C19H27F3N4O5S. The lowest BCUT2D eigenvalue weighted by Crippen LogP contribution is -2.41. The van der Waals surface area contributed by atoms with Gasteiger partial charge >= 0.3 is 18.0 Å². The van der Waals surface area contributed by atoms with Crippen LogP contribution >= 0.6 is 11.3 Å². The molecule has 0 atom stereocenters. The number of thiophene rings is 1. The molecule has 0 saturated carbocycles. The maximum Gasteiger partial charge on any atom is 0.422 e. The molecule has 2 N–H and O–H groups in total. The molecule has 1 amide bonds. The second-order valence-electron chi connectivity index (χ2n) is 8.06. The van der Waals surface area contributed by atoms with E-state index in [1.807, 2.05) is 0 Å². The average molecular weight is 481 g/mol. The van der Waals surface area contributed by atoms with Gasteiger partial charge in [-0.3, -0.25) is 19.4 Å². The van der Waals surface area contributed by atoms with Gasteiger partial charge in [0, 0.05) is 25.1 Å². The Labute approximate surface area is 186 Å². The normalized spacial score (nSPS) is 12.4. The Balaban J connectivity index is 2.42. The summed E-state index contributed by atoms with van der Waals surface area (Å²) >= 11 is 1.02. The van der Waals surface area contributed by atoms with Crippen LogP contribution in [0.5, 0.6) is 0 Å².